The molecule has 6 heteroatoms. The second-order valence-electron chi connectivity index (χ2n) is 20.2. The van der Waals surface area contributed by atoms with Crippen LogP contribution in [-0.2, 0) is 28.6 Å². The van der Waals surface area contributed by atoms with E-state index in [1.54, 1.807) is 0 Å². The number of hydrogen-bond donors (Lipinski definition) is 0. The van der Waals surface area contributed by atoms with E-state index in [9.17, 15) is 14.4 Å². The first-order valence-corrected chi connectivity index (χ1v) is 31.3. The van der Waals surface area contributed by atoms with Gasteiger partial charge in [-0.2, -0.15) is 0 Å². The number of rotatable bonds is 55. The average Bonchev–Trinajstić information content (AvgIpc) is 3.43. The van der Waals surface area contributed by atoms with Crippen molar-refractivity contribution in [3.63, 3.8) is 0 Å². The van der Waals surface area contributed by atoms with Gasteiger partial charge in [0, 0.05) is 19.3 Å². The summed E-state index contributed by atoms with van der Waals surface area (Å²) >= 11 is 0. The molecule has 0 aliphatic heterocycles. The molecule has 0 N–H and O–H groups in total. The molecule has 0 aromatic rings. The third-order valence-corrected chi connectivity index (χ3v) is 12.8. The highest BCUT2D eigenvalue weighted by molar-refractivity contribution is 5.71. The fourth-order valence-electron chi connectivity index (χ4n) is 8.19. The number of carbonyl (C=O) groups excluding carboxylic acids is 3. The summed E-state index contributed by atoms with van der Waals surface area (Å²) in [4.78, 5) is 38.2. The molecule has 434 valence electrons. The first kappa shape index (κ1) is 72.3. The van der Waals surface area contributed by atoms with Crippen LogP contribution >= 0.6 is 0 Å². The Labute approximate surface area is 474 Å². The normalized spacial score (nSPS) is 13.1. The van der Waals surface area contributed by atoms with Crippen LogP contribution in [0.5, 0.6) is 0 Å². The van der Waals surface area contributed by atoms with Crippen molar-refractivity contribution in [1.29, 1.82) is 0 Å². The molecular weight excluding hydrogens is 949 g/mol. The molecule has 77 heavy (non-hydrogen) atoms. The Kier molecular flexibility index (Phi) is 59.9. The van der Waals surface area contributed by atoms with Gasteiger partial charge in [0.05, 0.1) is 0 Å². The fourth-order valence-corrected chi connectivity index (χ4v) is 8.19. The molecule has 0 heterocycles. The van der Waals surface area contributed by atoms with Gasteiger partial charge in [-0.3, -0.25) is 14.4 Å². The molecule has 0 bridgehead atoms. The van der Waals surface area contributed by atoms with E-state index < -0.39 is 6.10 Å². The maximum atomic E-state index is 12.9. The Hall–Kier alpha value is -4.71. The molecule has 0 aliphatic carbocycles. The van der Waals surface area contributed by atoms with E-state index in [-0.39, 0.29) is 37.5 Å². The van der Waals surface area contributed by atoms with E-state index in [1.807, 2.05) is 0 Å². The largest absolute Gasteiger partial charge is 0.462 e. The molecule has 0 amide bonds. The van der Waals surface area contributed by atoms with Crippen molar-refractivity contribution in [2.24, 2.45) is 0 Å². The van der Waals surface area contributed by atoms with Crippen molar-refractivity contribution in [2.75, 3.05) is 13.2 Å². The lowest BCUT2D eigenvalue weighted by atomic mass is 10.0. The van der Waals surface area contributed by atoms with Gasteiger partial charge in [-0.05, 0) is 128 Å². The minimum atomic E-state index is -0.820. The highest BCUT2D eigenvalue weighted by Gasteiger charge is 2.19. The third-order valence-electron chi connectivity index (χ3n) is 12.8. The molecule has 0 aromatic carbocycles. The number of allylic oxidation sites excluding steroid dienone is 24. The third kappa shape index (κ3) is 62.0. The van der Waals surface area contributed by atoms with Crippen LogP contribution in [-0.4, -0.2) is 37.2 Å². The Morgan fingerprint density at radius 2 is 0.519 bits per heavy atom. The lowest BCUT2D eigenvalue weighted by molar-refractivity contribution is -0.167. The second kappa shape index (κ2) is 63.8. The van der Waals surface area contributed by atoms with Crippen LogP contribution in [0.4, 0.5) is 0 Å². The highest BCUT2D eigenvalue weighted by atomic mass is 16.6. The van der Waals surface area contributed by atoms with Gasteiger partial charge >= 0.3 is 17.9 Å². The molecule has 0 radical (unpaired) electrons. The standard InChI is InChI=1S/C71H114O6/c1-4-7-10-13-16-19-22-25-27-29-30-31-32-33-34-35-36-37-38-39-40-42-43-46-49-52-55-58-61-64-70(73)76-67-68(66-75-69(72)63-60-57-54-51-48-45-24-21-18-15-12-9-6-3)77-71(74)65-62-59-56-53-50-47-44-41-28-26-23-20-17-14-11-8-5-2/h7-8,10-12,15-17,19-21,24-28,30-31,33-34,44,47,53,56,68H,4-6,9,13-14,18,22-23,29,32,35-43,45-46,48-52,54-55,57-67H2,1-3H3/b10-7-,11-8-,15-12-,19-16-,20-17-,24-21-,27-25-,28-26-,31-30-,34-33-,47-44-,56-53-. The van der Waals surface area contributed by atoms with Gasteiger partial charge in [-0.15, -0.1) is 0 Å². The number of carbonyl (C=O) groups is 3. The highest BCUT2D eigenvalue weighted by Crippen LogP contribution is 2.15. The summed E-state index contributed by atoms with van der Waals surface area (Å²) in [5.74, 6) is -0.987. The van der Waals surface area contributed by atoms with E-state index in [0.717, 1.165) is 141 Å². The molecule has 6 nitrogen and oxygen atoms in total. The van der Waals surface area contributed by atoms with Gasteiger partial charge in [-0.25, -0.2) is 0 Å². The Morgan fingerprint density at radius 3 is 0.831 bits per heavy atom. The lowest BCUT2D eigenvalue weighted by Crippen LogP contribution is -2.30. The van der Waals surface area contributed by atoms with E-state index in [0.29, 0.717) is 19.3 Å². The van der Waals surface area contributed by atoms with Gasteiger partial charge in [0.25, 0.3) is 0 Å². The predicted octanol–water partition coefficient (Wildman–Crippen LogP) is 21.5. The summed E-state index contributed by atoms with van der Waals surface area (Å²) in [6.45, 7) is 6.29. The molecule has 0 saturated heterocycles. The van der Waals surface area contributed by atoms with Crippen LogP contribution in [0.2, 0.25) is 0 Å². The van der Waals surface area contributed by atoms with Gasteiger partial charge in [0.2, 0.25) is 0 Å². The van der Waals surface area contributed by atoms with Crippen molar-refractivity contribution < 1.29 is 28.6 Å². The molecular formula is C71H114O6. The van der Waals surface area contributed by atoms with Crippen LogP contribution in [0.25, 0.3) is 0 Å². The summed E-state index contributed by atoms with van der Waals surface area (Å²) in [7, 11) is 0. The second-order valence-corrected chi connectivity index (χ2v) is 20.2. The van der Waals surface area contributed by atoms with Crippen LogP contribution < -0.4 is 0 Å². The smallest absolute Gasteiger partial charge is 0.306 e. The molecule has 1 atom stereocenters. The molecule has 0 aliphatic rings. The van der Waals surface area contributed by atoms with E-state index in [2.05, 4.69) is 167 Å². The molecule has 0 spiro atoms. The van der Waals surface area contributed by atoms with Crippen molar-refractivity contribution in [2.45, 2.75) is 271 Å². The predicted molar refractivity (Wildman–Crippen MR) is 334 cm³/mol. The van der Waals surface area contributed by atoms with Crippen molar-refractivity contribution in [3.05, 3.63) is 146 Å². The minimum Gasteiger partial charge on any atom is -0.462 e. The molecule has 0 fully saturated rings. The summed E-state index contributed by atoms with van der Waals surface area (Å²) in [5, 5.41) is 0. The van der Waals surface area contributed by atoms with Gasteiger partial charge in [-0.1, -0.05) is 263 Å². The van der Waals surface area contributed by atoms with Gasteiger partial charge < -0.3 is 14.2 Å². The van der Waals surface area contributed by atoms with Crippen LogP contribution in [0, 0.1) is 0 Å². The van der Waals surface area contributed by atoms with Gasteiger partial charge in [0.15, 0.2) is 6.10 Å². The summed E-state index contributed by atoms with van der Waals surface area (Å²) in [5.41, 5.74) is 0. The monoisotopic (exact) mass is 1060 g/mol. The summed E-state index contributed by atoms with van der Waals surface area (Å²) in [6, 6.07) is 0. The maximum absolute atomic E-state index is 12.9. The zero-order valence-corrected chi connectivity index (χ0v) is 49.7. The van der Waals surface area contributed by atoms with E-state index in [4.69, 9.17) is 14.2 Å². The summed E-state index contributed by atoms with van der Waals surface area (Å²) < 4.78 is 16.8. The van der Waals surface area contributed by atoms with Crippen LogP contribution in [0.1, 0.15) is 265 Å². The SMILES string of the molecule is CC/C=C\C/C=C\C/C=C\C/C=C\C/C=C\CCCCCCCCCCCCCCCC(=O)OCC(COC(=O)CCCCCCC/C=C\C/C=C\CCC)OC(=O)CCC/C=C\C/C=C\C/C=C\C/C=C\C/C=C\CC. The number of unbranched alkanes of at least 4 members (excludes halogenated alkanes) is 20. The van der Waals surface area contributed by atoms with E-state index in [1.165, 1.54) is 77.0 Å². The summed E-state index contributed by atoms with van der Waals surface area (Å²) in [6.07, 6.45) is 91.5. The van der Waals surface area contributed by atoms with E-state index >= 15 is 0 Å². The van der Waals surface area contributed by atoms with Gasteiger partial charge in [0.1, 0.15) is 13.2 Å². The first-order chi connectivity index (χ1) is 38.0. The minimum absolute atomic E-state index is 0.110. The number of ether oxygens (including phenoxy) is 3. The Morgan fingerprint density at radius 1 is 0.273 bits per heavy atom. The van der Waals surface area contributed by atoms with Crippen LogP contribution in [0.15, 0.2) is 146 Å². The molecule has 0 saturated carbocycles. The van der Waals surface area contributed by atoms with Crippen molar-refractivity contribution in [3.8, 4) is 0 Å². The van der Waals surface area contributed by atoms with Crippen molar-refractivity contribution in [1.82, 2.24) is 0 Å². The molecule has 1 unspecified atom stereocenters. The molecule has 0 rings (SSSR count). The fraction of sp³-hybridized carbons (Fsp3) is 0.620. The lowest BCUT2D eigenvalue weighted by Gasteiger charge is -2.18. The van der Waals surface area contributed by atoms with Crippen LogP contribution in [0.3, 0.4) is 0 Å². The van der Waals surface area contributed by atoms with Crippen molar-refractivity contribution >= 4 is 17.9 Å². The zero-order valence-electron chi connectivity index (χ0n) is 49.7. The maximum Gasteiger partial charge on any atom is 0.306 e. The number of hydrogen-bond acceptors (Lipinski definition) is 6. The first-order valence-electron chi connectivity index (χ1n) is 31.3. The average molecular weight is 1060 g/mol. The molecule has 0 aromatic heterocycles. The Bertz CT molecular complexity index is 1700. The zero-order chi connectivity index (χ0) is 55.7. The quantitative estimate of drug-likeness (QED) is 0.0261. The Balaban J connectivity index is 4.34. The number of esters is 3. The topological polar surface area (TPSA) is 78.9 Å².